The molecule has 4 rings (SSSR count). The maximum Gasteiger partial charge on any atom is 0.244 e. The summed E-state index contributed by atoms with van der Waals surface area (Å²) in [6.07, 6.45) is -0.667. The lowest BCUT2D eigenvalue weighted by Gasteiger charge is -2.31. The molecule has 4 fully saturated rings. The summed E-state index contributed by atoms with van der Waals surface area (Å²) >= 11 is 0. The van der Waals surface area contributed by atoms with Crippen molar-refractivity contribution >= 4 is 207 Å². The molecule has 20 atom stereocenters. The minimum atomic E-state index is -1.80. The Hall–Kier alpha value is -11.8. The molecule has 142 heavy (non-hydrogen) atoms. The lowest BCUT2D eigenvalue weighted by molar-refractivity contribution is -0.136. The van der Waals surface area contributed by atoms with Gasteiger partial charge in [0.1, 0.15) is 96.7 Å². The molecule has 0 saturated carbocycles. The van der Waals surface area contributed by atoms with Gasteiger partial charge in [0.2, 0.25) is 106 Å². The first-order valence-corrected chi connectivity index (χ1v) is 54.4. The van der Waals surface area contributed by atoms with Crippen molar-refractivity contribution in [2.24, 2.45) is 58.1 Å². The van der Waals surface area contributed by atoms with Gasteiger partial charge in [-0.3, -0.25) is 119 Å². The highest BCUT2D eigenvalue weighted by molar-refractivity contribution is 8.77. The largest absolute Gasteiger partial charge is 0.370 e. The lowest BCUT2D eigenvalue weighted by Crippen LogP contribution is -2.62. The standard InChI is InChI=1S/C82H146N36O18S6/c1-9-39(5)57-75(135)113-51-35-139-137-33-49(61(121)101-31-55(119)103-43(19-13-25-95-77(83)84)63(123)105-47(67(127)115-57)23-17-29-99-81(91)92)111-73(133)59(41(7)11-3)118-72(132)54-38-142-141-37-53(109-65(125)45(107-69(51)129)21-15-27-97-79(87)88)71(131)117-60(42(8)12-4)74(134)112-50-34-138-140-36-52(70(130)108-46(66(126)110-54)22-16-28-98-80(89)90)114-76(136)58(40(6)10-2)116-68(128)48(24-18-30-100-82(93)94)106-64(124)44(20-14-26-96-78(85)86)104-56(120)32-102-62(50)122/h39-54,57-60H,9-38H2,1-8H3,(H,101,121)(H,102,122)(H,103,119)(H,104,120)(H,105,123)(H,106,124)(H,107,129)(H,108,130)(H,109,125)(H,110,126)(H,111,133)(H,112,134)(H,113,135)(H,114,136)(H,115,127)(H,116,128)(H,117,131)(H,118,132)(H4,83,84,95)(H4,85,86,96)(H4,87,88,97)(H4,89,90,98)(H4,91,92,99)(H4,93,94,100)/t39-,40-,41-,42-,43-,44-,45-,46-,47-,48-,49-,50-,51-,52-,53-,54-,57-,58-,59-,60-/m0/s1. The van der Waals surface area contributed by atoms with Crippen LogP contribution >= 0.6 is 64.8 Å². The summed E-state index contributed by atoms with van der Waals surface area (Å²) in [7, 11) is 4.98. The van der Waals surface area contributed by atoms with Gasteiger partial charge >= 0.3 is 0 Å². The van der Waals surface area contributed by atoms with E-state index in [9.17, 15) is 38.4 Å². The molecule has 4 aliphatic heterocycles. The number of amides is 18. The van der Waals surface area contributed by atoms with Crippen molar-refractivity contribution in [2.45, 2.75) is 255 Å². The second kappa shape index (κ2) is 65.4. The first kappa shape index (κ1) is 122. The van der Waals surface area contributed by atoms with Gasteiger partial charge in [-0.15, -0.1) is 0 Å². The summed E-state index contributed by atoms with van der Waals surface area (Å²) in [6.45, 7) is 11.2. The van der Waals surface area contributed by atoms with Crippen LogP contribution in [0.1, 0.15) is 158 Å². The van der Waals surface area contributed by atoms with E-state index >= 15 is 47.9 Å². The number of fused-ring (bicyclic) bond motifs is 15. The maximum absolute atomic E-state index is 15.7. The van der Waals surface area contributed by atoms with E-state index in [1.54, 1.807) is 55.4 Å². The molecule has 60 heteroatoms. The third-order valence-corrected chi connectivity index (χ3v) is 30.5. The van der Waals surface area contributed by atoms with Crippen LogP contribution in [0.15, 0.2) is 0 Å². The summed E-state index contributed by atoms with van der Waals surface area (Å²) in [6, 6.07) is -26.2. The zero-order valence-electron chi connectivity index (χ0n) is 81.0. The van der Waals surface area contributed by atoms with Gasteiger partial charge in [-0.1, -0.05) is 146 Å². The van der Waals surface area contributed by atoms with Crippen molar-refractivity contribution in [1.82, 2.24) is 128 Å². The van der Waals surface area contributed by atoms with E-state index in [4.69, 9.17) is 66.9 Å². The van der Waals surface area contributed by atoms with Gasteiger partial charge in [-0.25, -0.2) is 0 Å². The van der Waals surface area contributed by atoms with Gasteiger partial charge in [0, 0.05) is 73.8 Å². The fourth-order valence-electron chi connectivity index (χ4n) is 14.2. The molecule has 18 amide bonds. The van der Waals surface area contributed by atoms with Gasteiger partial charge in [0.15, 0.2) is 35.8 Å². The summed E-state index contributed by atoms with van der Waals surface area (Å²) in [5.41, 5.74) is 33.7. The number of hydrogen-bond donors (Lipinski definition) is 36. The number of hydrogen-bond acceptors (Lipinski definition) is 30. The van der Waals surface area contributed by atoms with Crippen LogP contribution in [0.5, 0.6) is 0 Å². The van der Waals surface area contributed by atoms with Gasteiger partial charge in [-0.2, -0.15) is 0 Å². The highest BCUT2D eigenvalue weighted by Gasteiger charge is 2.43. The Bertz CT molecular complexity index is 4100. The van der Waals surface area contributed by atoms with E-state index in [1.165, 1.54) is 0 Å². The molecule has 4 saturated heterocycles. The molecule has 0 aromatic heterocycles. The molecule has 42 N–H and O–H groups in total. The minimum absolute atomic E-state index is 0.00428. The Kier molecular flexibility index (Phi) is 56.4. The van der Waals surface area contributed by atoms with Crippen LogP contribution in [-0.4, -0.2) is 326 Å². The SMILES string of the molecule is CC[C@H](C)[C@@H]1NC(=O)[C@@H]2CSSC[C@H](NC(=O)[C@H](CCCNC(=N)N)NC(=O)[C@@H]3CSSC[C@H](NC1=O)C(=O)NCC(=O)N[C@@H](CCCNC(=N)N)C(=O)N[C@@H](CCCNC(=N)N)C(=O)N[C@@H]([C@@H](C)CC)C(=O)N3)C(=O)N[C@@H]([C@@H](C)CC)C(=O)N[C@H]1CSSC[C@H](NC(=O)[C@H]([C@@H](C)CC)NC(=O)[C@H](CCCNC(=N)N)NC(=O)[C@H](CCCNC(=N)N)NC(=O)CNC1=O)C(=O)N[C@@H](CCCNC(=N)N)C(=O)N2. The number of guanidine groups is 6. The molecule has 798 valence electrons. The number of nitrogens with one attached hydrogen (secondary N) is 30. The predicted octanol–water partition coefficient (Wildman–Crippen LogP) is -9.06. The van der Waals surface area contributed by atoms with Gasteiger partial charge < -0.3 is 162 Å². The van der Waals surface area contributed by atoms with Crippen molar-refractivity contribution in [3.05, 3.63) is 0 Å². The zero-order valence-corrected chi connectivity index (χ0v) is 85.9. The molecule has 4 aliphatic rings. The molecule has 0 aromatic carbocycles. The monoisotopic (exact) mass is 2110 g/mol. The Morgan fingerprint density at radius 2 is 0.408 bits per heavy atom. The molecule has 0 spiro atoms. The van der Waals surface area contributed by atoms with E-state index in [0.29, 0.717) is 0 Å². The van der Waals surface area contributed by atoms with Crippen molar-refractivity contribution in [2.75, 3.05) is 86.9 Å². The van der Waals surface area contributed by atoms with Crippen LogP contribution < -0.4 is 162 Å². The lowest BCUT2D eigenvalue weighted by atomic mass is 9.97. The van der Waals surface area contributed by atoms with Gasteiger partial charge in [-0.05, 0) is 101 Å². The Labute approximate surface area is 847 Å². The van der Waals surface area contributed by atoms with E-state index in [2.05, 4.69) is 128 Å². The smallest absolute Gasteiger partial charge is 0.244 e. The third-order valence-electron chi connectivity index (χ3n) is 23.2. The quantitative estimate of drug-likeness (QED) is 0.0129. The first-order chi connectivity index (χ1) is 67.3. The predicted molar refractivity (Wildman–Crippen MR) is 544 cm³/mol. The zero-order chi connectivity index (χ0) is 106. The fourth-order valence-corrected chi connectivity index (χ4v) is 21.1. The van der Waals surface area contributed by atoms with Crippen molar-refractivity contribution < 1.29 is 86.3 Å². The van der Waals surface area contributed by atoms with E-state index in [0.717, 1.165) is 64.8 Å². The van der Waals surface area contributed by atoms with E-state index < -0.39 is 310 Å². The van der Waals surface area contributed by atoms with Crippen LogP contribution in [0.2, 0.25) is 0 Å². The topological polar surface area (TPSA) is 895 Å². The normalized spacial score (nSPS) is 26.2. The first-order valence-electron chi connectivity index (χ1n) is 46.9. The molecule has 6 bridgehead atoms. The molecular weight excluding hydrogens is 1970 g/mol. The van der Waals surface area contributed by atoms with Crippen LogP contribution in [0.3, 0.4) is 0 Å². The number of carbonyl (C=O) groups excluding carboxylic acids is 18. The van der Waals surface area contributed by atoms with Crippen LogP contribution in [0.25, 0.3) is 0 Å². The van der Waals surface area contributed by atoms with Crippen molar-refractivity contribution in [3.63, 3.8) is 0 Å². The summed E-state index contributed by atoms with van der Waals surface area (Å²) in [5.74, 6) is -27.0. The number of carbonyl (C=O) groups is 18. The fraction of sp³-hybridized carbons (Fsp3) is 0.707. The van der Waals surface area contributed by atoms with Crippen LogP contribution in [-0.2, 0) is 86.3 Å². The average Bonchev–Trinajstić information content (AvgIpc) is 0.833. The number of nitrogens with two attached hydrogens (primary N) is 6. The summed E-state index contributed by atoms with van der Waals surface area (Å²) in [4.78, 5) is 272. The molecule has 54 nitrogen and oxygen atoms in total. The van der Waals surface area contributed by atoms with Crippen LogP contribution in [0, 0.1) is 56.1 Å². The second-order valence-corrected chi connectivity index (χ2v) is 42.0. The maximum atomic E-state index is 15.7. The van der Waals surface area contributed by atoms with E-state index in [1.807, 2.05) is 0 Å². The second-order valence-electron chi connectivity index (χ2n) is 34.4. The summed E-state index contributed by atoms with van der Waals surface area (Å²) in [5, 5.41) is 110. The minimum Gasteiger partial charge on any atom is -0.370 e. The molecule has 0 aliphatic carbocycles. The average molecular weight is 2120 g/mol. The van der Waals surface area contributed by atoms with Crippen molar-refractivity contribution in [3.8, 4) is 0 Å². The molecule has 0 unspecified atom stereocenters. The van der Waals surface area contributed by atoms with Gasteiger partial charge in [0.05, 0.1) is 13.1 Å². The Balaban J connectivity index is 2.18. The third kappa shape index (κ3) is 45.6. The van der Waals surface area contributed by atoms with Gasteiger partial charge in [0.25, 0.3) is 0 Å². The molecule has 0 aromatic rings. The highest BCUT2D eigenvalue weighted by atomic mass is 33.1. The van der Waals surface area contributed by atoms with Crippen molar-refractivity contribution in [1.29, 1.82) is 32.5 Å². The summed E-state index contributed by atoms with van der Waals surface area (Å²) < 4.78 is 0. The highest BCUT2D eigenvalue weighted by Crippen LogP contribution is 2.29. The molecule has 0 radical (unpaired) electrons. The Morgan fingerprint density at radius 3 is 0.613 bits per heavy atom. The molecule has 4 heterocycles. The Morgan fingerprint density at radius 1 is 0.246 bits per heavy atom. The van der Waals surface area contributed by atoms with Crippen LogP contribution in [0.4, 0.5) is 0 Å². The molecular formula is C82H146N36O18S6. The van der Waals surface area contributed by atoms with E-state index in [-0.39, 0.29) is 142 Å². The number of rotatable bonds is 32.